The highest BCUT2D eigenvalue weighted by atomic mass is 32.2. The molecule has 0 aliphatic carbocycles. The van der Waals surface area contributed by atoms with Gasteiger partial charge in [-0.2, -0.15) is 18.2 Å². The van der Waals surface area contributed by atoms with Crippen molar-refractivity contribution in [2.24, 2.45) is 0 Å². The molecule has 1 aromatic heterocycles. The number of carbonyl (C=O) groups excluding carboxylic acids is 1. The highest BCUT2D eigenvalue weighted by molar-refractivity contribution is 7.90. The fourth-order valence-corrected chi connectivity index (χ4v) is 5.27. The first kappa shape index (κ1) is 28.6. The van der Waals surface area contributed by atoms with Crippen molar-refractivity contribution < 1.29 is 35.6 Å². The number of amides is 1. The van der Waals surface area contributed by atoms with Crippen molar-refractivity contribution in [3.05, 3.63) is 108 Å². The van der Waals surface area contributed by atoms with Gasteiger partial charge in [-0.15, -0.1) is 0 Å². The minimum atomic E-state index is -4.76. The molecule has 1 amide bonds. The van der Waals surface area contributed by atoms with Gasteiger partial charge in [0.05, 0.1) is 17.5 Å². The van der Waals surface area contributed by atoms with Gasteiger partial charge in [-0.05, 0) is 41.5 Å². The summed E-state index contributed by atoms with van der Waals surface area (Å²) in [6.07, 6.45) is -1.85. The molecule has 0 radical (unpaired) electrons. The lowest BCUT2D eigenvalue weighted by molar-refractivity contribution is -0.159. The Bertz CT molecular complexity index is 1540. The molecule has 40 heavy (non-hydrogen) atoms. The number of ether oxygens (including phenoxy) is 1. The van der Waals surface area contributed by atoms with Crippen molar-refractivity contribution in [1.82, 2.24) is 15.5 Å². The Morgan fingerprint density at radius 1 is 0.975 bits per heavy atom. The minimum absolute atomic E-state index is 0.182. The Hall–Kier alpha value is -4.45. The van der Waals surface area contributed by atoms with Crippen LogP contribution in [0.25, 0.3) is 17.5 Å². The van der Waals surface area contributed by atoms with E-state index in [0.717, 1.165) is 5.56 Å². The topological polar surface area (TPSA) is 111 Å². The van der Waals surface area contributed by atoms with Crippen LogP contribution in [0.1, 0.15) is 17.0 Å². The summed E-state index contributed by atoms with van der Waals surface area (Å²) in [7, 11) is -3.64. The molecule has 1 unspecified atom stereocenters. The second-order valence-electron chi connectivity index (χ2n) is 8.75. The molecule has 4 aromatic rings. The second kappa shape index (κ2) is 12.6. The van der Waals surface area contributed by atoms with Crippen LogP contribution in [0.3, 0.4) is 0 Å². The Morgan fingerprint density at radius 2 is 1.62 bits per heavy atom. The van der Waals surface area contributed by atoms with Gasteiger partial charge in [0.15, 0.2) is 9.84 Å². The highest BCUT2D eigenvalue weighted by Crippen LogP contribution is 2.29. The predicted octanol–water partition coefficient (Wildman–Crippen LogP) is 4.95. The van der Waals surface area contributed by atoms with Crippen LogP contribution < -0.4 is 10.1 Å². The largest absolute Gasteiger partial charge is 0.491 e. The van der Waals surface area contributed by atoms with E-state index in [0.29, 0.717) is 11.3 Å². The zero-order valence-electron chi connectivity index (χ0n) is 20.9. The number of nitrogens with zero attached hydrogens (tertiary/aromatic N) is 2. The Kier molecular flexibility index (Phi) is 9.00. The molecule has 8 nitrogen and oxygen atoms in total. The number of rotatable bonds is 11. The van der Waals surface area contributed by atoms with E-state index in [1.54, 1.807) is 36.4 Å². The van der Waals surface area contributed by atoms with E-state index < -0.39 is 33.9 Å². The van der Waals surface area contributed by atoms with E-state index in [1.807, 2.05) is 30.3 Å². The predicted molar refractivity (Wildman–Crippen MR) is 142 cm³/mol. The molecule has 12 heteroatoms. The molecule has 0 saturated carbocycles. The number of nitrogens with one attached hydrogen (secondary N) is 1. The zero-order valence-corrected chi connectivity index (χ0v) is 21.7. The lowest BCUT2D eigenvalue weighted by Gasteiger charge is -2.19. The van der Waals surface area contributed by atoms with Gasteiger partial charge >= 0.3 is 12.1 Å². The monoisotopic (exact) mass is 571 g/mol. The maximum Gasteiger partial charge on any atom is 0.471 e. The van der Waals surface area contributed by atoms with Gasteiger partial charge in [-0.3, -0.25) is 4.79 Å². The van der Waals surface area contributed by atoms with Crippen LogP contribution in [-0.4, -0.2) is 42.9 Å². The quantitative estimate of drug-likeness (QED) is 0.254. The van der Waals surface area contributed by atoms with Gasteiger partial charge in [-0.25, -0.2) is 8.42 Å². The van der Waals surface area contributed by atoms with Crippen molar-refractivity contribution in [2.75, 3.05) is 12.4 Å². The molecule has 0 aliphatic rings. The first-order valence-electron chi connectivity index (χ1n) is 12.0. The van der Waals surface area contributed by atoms with Crippen LogP contribution in [0.4, 0.5) is 13.2 Å². The van der Waals surface area contributed by atoms with Crippen molar-refractivity contribution in [3.63, 3.8) is 0 Å². The SMILES string of the molecule is O=C(/C=C/c1ccccc1)NC(COc1ccc(-c2noc(C(F)(F)F)n2)cc1)CS(=O)(=O)Cc1ccccc1. The van der Waals surface area contributed by atoms with E-state index in [2.05, 4.69) is 20.0 Å². The van der Waals surface area contributed by atoms with Gasteiger partial charge in [0, 0.05) is 11.6 Å². The molecule has 1 heterocycles. The van der Waals surface area contributed by atoms with E-state index >= 15 is 0 Å². The van der Waals surface area contributed by atoms with Crippen molar-refractivity contribution in [2.45, 2.75) is 18.0 Å². The Morgan fingerprint density at radius 3 is 2.25 bits per heavy atom. The second-order valence-corrected chi connectivity index (χ2v) is 10.9. The molecule has 1 atom stereocenters. The van der Waals surface area contributed by atoms with Crippen LogP contribution in [0.15, 0.2) is 95.5 Å². The average Bonchev–Trinajstić information content (AvgIpc) is 3.43. The maximum atomic E-state index is 12.9. The third kappa shape index (κ3) is 8.53. The van der Waals surface area contributed by atoms with Gasteiger partial charge in [0.25, 0.3) is 0 Å². The molecular formula is C28H24F3N3O5S. The first-order chi connectivity index (χ1) is 19.1. The van der Waals surface area contributed by atoms with Crippen LogP contribution >= 0.6 is 0 Å². The minimum Gasteiger partial charge on any atom is -0.491 e. The number of alkyl halides is 3. The number of benzene rings is 3. The molecule has 208 valence electrons. The van der Waals surface area contributed by atoms with Gasteiger partial charge < -0.3 is 14.6 Å². The smallest absolute Gasteiger partial charge is 0.471 e. The van der Waals surface area contributed by atoms with Crippen LogP contribution in [0.2, 0.25) is 0 Å². The van der Waals surface area contributed by atoms with Gasteiger partial charge in [0.2, 0.25) is 11.7 Å². The summed E-state index contributed by atoms with van der Waals surface area (Å²) in [5.74, 6) is -2.50. The fourth-order valence-electron chi connectivity index (χ4n) is 3.66. The van der Waals surface area contributed by atoms with Crippen molar-refractivity contribution >= 4 is 21.8 Å². The molecular weight excluding hydrogens is 547 g/mol. The fraction of sp³-hybridized carbons (Fsp3) is 0.179. The summed E-state index contributed by atoms with van der Waals surface area (Å²) < 4.78 is 74.0. The Labute approximate surface area is 228 Å². The lowest BCUT2D eigenvalue weighted by atomic mass is 10.2. The molecule has 0 aliphatic heterocycles. The molecule has 3 aromatic carbocycles. The molecule has 0 bridgehead atoms. The first-order valence-corrected chi connectivity index (χ1v) is 13.8. The number of carbonyl (C=O) groups is 1. The van der Waals surface area contributed by atoms with Crippen molar-refractivity contribution in [1.29, 1.82) is 0 Å². The average molecular weight is 572 g/mol. The Balaban J connectivity index is 1.44. The third-order valence-electron chi connectivity index (χ3n) is 5.49. The molecule has 0 spiro atoms. The molecule has 0 fully saturated rings. The van der Waals surface area contributed by atoms with Gasteiger partial charge in [0.1, 0.15) is 12.4 Å². The summed E-state index contributed by atoms with van der Waals surface area (Å²) >= 11 is 0. The van der Waals surface area contributed by atoms with E-state index in [1.165, 1.54) is 30.3 Å². The van der Waals surface area contributed by atoms with Crippen LogP contribution in [-0.2, 0) is 26.6 Å². The summed E-state index contributed by atoms with van der Waals surface area (Å²) in [5.41, 5.74) is 1.67. The summed E-state index contributed by atoms with van der Waals surface area (Å²) in [5, 5.41) is 6.02. The molecule has 0 saturated heterocycles. The number of hydrogen-bond donors (Lipinski definition) is 1. The van der Waals surface area contributed by atoms with E-state index in [4.69, 9.17) is 4.74 Å². The summed E-state index contributed by atoms with van der Waals surface area (Å²) in [4.78, 5) is 15.9. The molecule has 4 rings (SSSR count). The number of aromatic nitrogens is 2. The van der Waals surface area contributed by atoms with Crippen LogP contribution in [0.5, 0.6) is 5.75 Å². The third-order valence-corrected chi connectivity index (χ3v) is 7.17. The number of hydrogen-bond acceptors (Lipinski definition) is 7. The normalized spacial score (nSPS) is 12.8. The number of sulfone groups is 1. The molecule has 1 N–H and O–H groups in total. The summed E-state index contributed by atoms with van der Waals surface area (Å²) in [6.45, 7) is -0.182. The van der Waals surface area contributed by atoms with Gasteiger partial charge in [-0.1, -0.05) is 65.8 Å². The summed E-state index contributed by atoms with van der Waals surface area (Å²) in [6, 6.07) is 22.7. The van der Waals surface area contributed by atoms with E-state index in [9.17, 15) is 26.4 Å². The zero-order chi connectivity index (χ0) is 28.6. The number of halogens is 3. The van der Waals surface area contributed by atoms with Crippen molar-refractivity contribution in [3.8, 4) is 17.1 Å². The standard InChI is InChI=1S/C28H24F3N3O5S/c29-28(30,31)27-33-26(34-39-27)22-12-14-24(15-13-22)38-17-23(19-40(36,37)18-21-9-5-2-6-10-21)32-25(35)16-11-20-7-3-1-4-8-20/h1-16,23H,17-19H2,(H,32,35)/b16-11+. The van der Waals surface area contributed by atoms with E-state index in [-0.39, 0.29) is 29.5 Å². The lowest BCUT2D eigenvalue weighted by Crippen LogP contribution is -2.43. The maximum absolute atomic E-state index is 12.9. The highest BCUT2D eigenvalue weighted by Gasteiger charge is 2.38. The van der Waals surface area contributed by atoms with Crippen LogP contribution in [0, 0.1) is 0 Å².